The minimum Gasteiger partial charge on any atom is -0.386 e. The van der Waals surface area contributed by atoms with Crippen molar-refractivity contribution in [1.82, 2.24) is 0 Å². The number of carbonyl (C=O) groups excluding carboxylic acids is 2. The predicted molar refractivity (Wildman–Crippen MR) is 67.6 cm³/mol. The summed E-state index contributed by atoms with van der Waals surface area (Å²) in [5.74, 6) is -1.06. The highest BCUT2D eigenvalue weighted by molar-refractivity contribution is 14.1. The first-order valence-corrected chi connectivity index (χ1v) is 5.99. The molecule has 1 aromatic carbocycles. The highest BCUT2D eigenvalue weighted by Gasteiger charge is 2.35. The van der Waals surface area contributed by atoms with Crippen molar-refractivity contribution in [1.29, 1.82) is 0 Å². The number of hydrogen-bond acceptors (Lipinski definition) is 3. The molecule has 1 aromatic rings. The van der Waals surface area contributed by atoms with Crippen LogP contribution in [0.25, 0.3) is 0 Å². The summed E-state index contributed by atoms with van der Waals surface area (Å²) < 4.78 is 5.58. The van der Waals surface area contributed by atoms with E-state index in [-0.39, 0.29) is 5.41 Å². The van der Waals surface area contributed by atoms with E-state index < -0.39 is 11.9 Å². The van der Waals surface area contributed by atoms with Gasteiger partial charge in [-0.25, -0.2) is 9.59 Å². The standard InChI is InChI=1S/C12H11IO3/c1-12(2,3)8-5-6(13)4-7-9(8)11(15)16-10(7)14/h4-5H,1-3H3. The molecular formula is C12H11IO3. The number of carbonyl (C=O) groups is 2. The van der Waals surface area contributed by atoms with E-state index >= 15 is 0 Å². The van der Waals surface area contributed by atoms with Crippen molar-refractivity contribution in [3.8, 4) is 0 Å². The van der Waals surface area contributed by atoms with Crippen LogP contribution in [0.15, 0.2) is 12.1 Å². The normalized spacial score (nSPS) is 15.0. The van der Waals surface area contributed by atoms with Crippen LogP contribution in [-0.4, -0.2) is 11.9 Å². The lowest BCUT2D eigenvalue weighted by molar-refractivity contribution is 0.0443. The molecule has 0 radical (unpaired) electrons. The van der Waals surface area contributed by atoms with Gasteiger partial charge in [0.25, 0.3) is 0 Å². The van der Waals surface area contributed by atoms with Gasteiger partial charge < -0.3 is 4.74 Å². The van der Waals surface area contributed by atoms with E-state index in [1.807, 2.05) is 26.8 Å². The van der Waals surface area contributed by atoms with Gasteiger partial charge in [0, 0.05) is 3.57 Å². The van der Waals surface area contributed by atoms with E-state index in [0.29, 0.717) is 11.1 Å². The van der Waals surface area contributed by atoms with Gasteiger partial charge >= 0.3 is 11.9 Å². The lowest BCUT2D eigenvalue weighted by Gasteiger charge is -2.21. The molecule has 0 fully saturated rings. The van der Waals surface area contributed by atoms with Crippen LogP contribution in [0.4, 0.5) is 0 Å². The Morgan fingerprint density at radius 2 is 1.75 bits per heavy atom. The second-order valence-corrected chi connectivity index (χ2v) is 6.05. The topological polar surface area (TPSA) is 43.4 Å². The molecule has 4 heteroatoms. The maximum Gasteiger partial charge on any atom is 0.347 e. The van der Waals surface area contributed by atoms with E-state index in [1.54, 1.807) is 6.07 Å². The van der Waals surface area contributed by atoms with Crippen molar-refractivity contribution >= 4 is 34.5 Å². The molecule has 84 valence electrons. The van der Waals surface area contributed by atoms with E-state index in [0.717, 1.165) is 9.13 Å². The van der Waals surface area contributed by atoms with Gasteiger partial charge in [-0.05, 0) is 45.7 Å². The van der Waals surface area contributed by atoms with Gasteiger partial charge in [0.05, 0.1) is 11.1 Å². The van der Waals surface area contributed by atoms with Gasteiger partial charge in [0.15, 0.2) is 0 Å². The van der Waals surface area contributed by atoms with Crippen molar-refractivity contribution in [2.75, 3.05) is 0 Å². The predicted octanol–water partition coefficient (Wildman–Crippen LogP) is 2.90. The van der Waals surface area contributed by atoms with E-state index in [4.69, 9.17) is 0 Å². The first kappa shape index (κ1) is 11.6. The molecule has 0 saturated heterocycles. The van der Waals surface area contributed by atoms with Gasteiger partial charge in [0.1, 0.15) is 0 Å². The van der Waals surface area contributed by atoms with Crippen LogP contribution in [0.1, 0.15) is 47.1 Å². The summed E-state index contributed by atoms with van der Waals surface area (Å²) in [6.45, 7) is 6.03. The maximum atomic E-state index is 11.6. The average Bonchev–Trinajstić information content (AvgIpc) is 2.40. The third kappa shape index (κ3) is 1.75. The first-order valence-electron chi connectivity index (χ1n) is 4.91. The van der Waals surface area contributed by atoms with Crippen molar-refractivity contribution in [2.45, 2.75) is 26.2 Å². The molecule has 3 nitrogen and oxygen atoms in total. The van der Waals surface area contributed by atoms with Crippen molar-refractivity contribution < 1.29 is 14.3 Å². The van der Waals surface area contributed by atoms with Crippen LogP contribution in [0.5, 0.6) is 0 Å². The summed E-state index contributed by atoms with van der Waals surface area (Å²) in [6, 6.07) is 3.62. The maximum absolute atomic E-state index is 11.6. The van der Waals surface area contributed by atoms with Gasteiger partial charge in [-0.1, -0.05) is 20.8 Å². The number of rotatable bonds is 0. The van der Waals surface area contributed by atoms with Gasteiger partial charge in [-0.2, -0.15) is 0 Å². The smallest absolute Gasteiger partial charge is 0.347 e. The zero-order valence-corrected chi connectivity index (χ0v) is 11.4. The van der Waals surface area contributed by atoms with Crippen LogP contribution >= 0.6 is 22.6 Å². The van der Waals surface area contributed by atoms with Crippen molar-refractivity contribution in [3.05, 3.63) is 32.4 Å². The lowest BCUT2D eigenvalue weighted by atomic mass is 9.82. The summed E-state index contributed by atoms with van der Waals surface area (Å²) in [5.41, 5.74) is 1.50. The number of fused-ring (bicyclic) bond motifs is 1. The van der Waals surface area contributed by atoms with E-state index in [9.17, 15) is 9.59 Å². The Morgan fingerprint density at radius 3 is 2.31 bits per heavy atom. The minimum atomic E-state index is -0.538. The molecule has 1 aliphatic heterocycles. The van der Waals surface area contributed by atoms with E-state index in [2.05, 4.69) is 27.3 Å². The minimum absolute atomic E-state index is 0.186. The Balaban J connectivity index is 2.78. The number of cyclic esters (lactones) is 2. The molecule has 2 rings (SSSR count). The van der Waals surface area contributed by atoms with Crippen LogP contribution in [0.2, 0.25) is 0 Å². The number of halogens is 1. The molecule has 0 saturated carbocycles. The summed E-state index contributed by atoms with van der Waals surface area (Å²) in [7, 11) is 0. The van der Waals surface area contributed by atoms with E-state index in [1.165, 1.54) is 0 Å². The van der Waals surface area contributed by atoms with Crippen molar-refractivity contribution in [3.63, 3.8) is 0 Å². The molecule has 0 aromatic heterocycles. The van der Waals surface area contributed by atoms with Crippen LogP contribution in [-0.2, 0) is 10.2 Å². The first-order chi connectivity index (χ1) is 7.30. The molecule has 0 bridgehead atoms. The fraction of sp³-hybridized carbons (Fsp3) is 0.333. The molecule has 1 heterocycles. The molecule has 0 aliphatic carbocycles. The zero-order chi connectivity index (χ0) is 12.1. The van der Waals surface area contributed by atoms with Crippen LogP contribution in [0.3, 0.4) is 0 Å². The zero-order valence-electron chi connectivity index (χ0n) is 9.26. The number of hydrogen-bond donors (Lipinski definition) is 0. The monoisotopic (exact) mass is 330 g/mol. The number of ether oxygens (including phenoxy) is 1. The molecule has 0 unspecified atom stereocenters. The quantitative estimate of drug-likeness (QED) is 0.417. The van der Waals surface area contributed by atoms with Gasteiger partial charge in [0.2, 0.25) is 0 Å². The van der Waals surface area contributed by atoms with Crippen LogP contribution < -0.4 is 0 Å². The number of benzene rings is 1. The third-order valence-electron chi connectivity index (χ3n) is 2.52. The second-order valence-electron chi connectivity index (χ2n) is 4.80. The average molecular weight is 330 g/mol. The molecule has 1 aliphatic rings. The summed E-state index contributed by atoms with van der Waals surface area (Å²) in [6.07, 6.45) is 0. The molecule has 0 amide bonds. The summed E-state index contributed by atoms with van der Waals surface area (Å²) >= 11 is 2.14. The Bertz CT molecular complexity index is 498. The molecular weight excluding hydrogens is 319 g/mol. The summed E-state index contributed by atoms with van der Waals surface area (Å²) in [4.78, 5) is 23.1. The molecule has 0 spiro atoms. The second kappa shape index (κ2) is 3.55. The highest BCUT2D eigenvalue weighted by Crippen LogP contribution is 2.33. The highest BCUT2D eigenvalue weighted by atomic mass is 127. The Kier molecular flexibility index (Phi) is 2.57. The Labute approximate surface area is 107 Å². The largest absolute Gasteiger partial charge is 0.386 e. The Hall–Kier alpha value is -0.910. The van der Waals surface area contributed by atoms with Crippen molar-refractivity contribution in [2.24, 2.45) is 0 Å². The summed E-state index contributed by atoms with van der Waals surface area (Å²) in [5, 5.41) is 0. The molecule has 0 atom stereocenters. The Morgan fingerprint density at radius 1 is 1.12 bits per heavy atom. The fourth-order valence-electron chi connectivity index (χ4n) is 1.77. The fourth-order valence-corrected chi connectivity index (χ4v) is 2.39. The van der Waals surface area contributed by atoms with Gasteiger partial charge in [-0.3, -0.25) is 0 Å². The van der Waals surface area contributed by atoms with Crippen LogP contribution in [0, 0.1) is 3.57 Å². The van der Waals surface area contributed by atoms with Gasteiger partial charge in [-0.15, -0.1) is 0 Å². The molecule has 0 N–H and O–H groups in total. The third-order valence-corrected chi connectivity index (χ3v) is 3.14. The molecule has 16 heavy (non-hydrogen) atoms. The SMILES string of the molecule is CC(C)(C)c1cc(I)cc2c1C(=O)OC2=O. The lowest BCUT2D eigenvalue weighted by Crippen LogP contribution is -2.16. The number of esters is 2.